The topological polar surface area (TPSA) is 60.3 Å². The number of nitrogens with zero attached hydrogens (tertiary/aromatic N) is 3. The predicted octanol–water partition coefficient (Wildman–Crippen LogP) is 6.42. The van der Waals surface area contributed by atoms with Crippen molar-refractivity contribution < 1.29 is 4.42 Å². The third-order valence-electron chi connectivity index (χ3n) is 7.57. The van der Waals surface area contributed by atoms with Crippen molar-refractivity contribution in [3.05, 3.63) is 120 Å². The fourth-order valence-electron chi connectivity index (χ4n) is 6.00. The van der Waals surface area contributed by atoms with E-state index in [9.17, 15) is 0 Å². The van der Waals surface area contributed by atoms with Crippen molar-refractivity contribution in [1.82, 2.24) is 10.2 Å². The van der Waals surface area contributed by atoms with Crippen LogP contribution in [-0.2, 0) is 12.1 Å². The molecule has 2 aliphatic heterocycles. The van der Waals surface area contributed by atoms with Crippen LogP contribution in [0.2, 0.25) is 0 Å². The Bertz CT molecular complexity index is 1740. The number of hydrogen-bond acceptors (Lipinski definition) is 5. The van der Waals surface area contributed by atoms with Crippen molar-refractivity contribution >= 4 is 39.1 Å². The Labute approximate surface area is 207 Å². The summed E-state index contributed by atoms with van der Waals surface area (Å²) in [7, 11) is 0. The van der Waals surface area contributed by atoms with Crippen LogP contribution in [0.1, 0.15) is 16.9 Å². The molecular formula is C30H23N5O. The Hall–Kier alpha value is -4.71. The smallest absolute Gasteiger partial charge is 0.220 e. The van der Waals surface area contributed by atoms with Gasteiger partial charge in [0.15, 0.2) is 11.6 Å². The first kappa shape index (κ1) is 19.6. The highest BCUT2D eigenvalue weighted by molar-refractivity contribution is 5.93. The highest BCUT2D eigenvalue weighted by Gasteiger charge is 2.56. The van der Waals surface area contributed by atoms with Crippen LogP contribution in [-0.4, -0.2) is 16.7 Å². The summed E-state index contributed by atoms with van der Waals surface area (Å²) in [6, 6.07) is 35.8. The minimum Gasteiger partial charge on any atom is -0.456 e. The molecule has 6 nitrogen and oxygen atoms in total. The number of hydrazine groups is 1. The lowest BCUT2D eigenvalue weighted by atomic mass is 9.93. The number of aromatic nitrogens is 2. The van der Waals surface area contributed by atoms with Gasteiger partial charge in [-0.15, -0.1) is 0 Å². The van der Waals surface area contributed by atoms with Crippen molar-refractivity contribution in [3.63, 3.8) is 0 Å². The van der Waals surface area contributed by atoms with E-state index in [2.05, 4.69) is 105 Å². The fraction of sp³-hybridized carbons (Fsp3) is 0.100. The maximum Gasteiger partial charge on any atom is 0.220 e. The molecule has 0 saturated heterocycles. The summed E-state index contributed by atoms with van der Waals surface area (Å²) in [6.07, 6.45) is 0.968. The molecular weight excluding hydrogens is 446 g/mol. The Kier molecular flexibility index (Phi) is 3.89. The Morgan fingerprint density at radius 1 is 0.833 bits per heavy atom. The first-order valence-corrected chi connectivity index (χ1v) is 12.3. The van der Waals surface area contributed by atoms with Crippen molar-refractivity contribution in [2.75, 3.05) is 21.9 Å². The van der Waals surface area contributed by atoms with Gasteiger partial charge in [0.05, 0.1) is 11.2 Å². The molecule has 0 saturated carbocycles. The van der Waals surface area contributed by atoms with Gasteiger partial charge >= 0.3 is 0 Å². The van der Waals surface area contributed by atoms with Crippen LogP contribution in [0.3, 0.4) is 0 Å². The summed E-state index contributed by atoms with van der Waals surface area (Å²) in [6.45, 7) is 0.852. The van der Waals surface area contributed by atoms with Crippen LogP contribution >= 0.6 is 0 Å². The average Bonchev–Trinajstić information content (AvgIpc) is 3.70. The van der Waals surface area contributed by atoms with Gasteiger partial charge < -0.3 is 9.32 Å². The zero-order chi connectivity index (χ0) is 23.7. The molecule has 0 spiro atoms. The number of benzene rings is 4. The van der Waals surface area contributed by atoms with E-state index in [4.69, 9.17) is 9.52 Å². The first-order valence-electron chi connectivity index (χ1n) is 12.3. The third kappa shape index (κ3) is 2.48. The lowest BCUT2D eigenvalue weighted by molar-refractivity contribution is 0.392. The number of hydrogen-bond donors (Lipinski definition) is 2. The third-order valence-corrected chi connectivity index (χ3v) is 7.57. The molecule has 0 bridgehead atoms. The van der Waals surface area contributed by atoms with Gasteiger partial charge in [-0.3, -0.25) is 10.5 Å². The predicted molar refractivity (Wildman–Crippen MR) is 143 cm³/mol. The SMILES string of the molecule is c1ccc2c(c1)CCN2C1(c2cc3ccccc3o2)c2ccccc2NN1c1n[nH]c2ccccc12. The van der Waals surface area contributed by atoms with E-state index in [1.165, 1.54) is 11.3 Å². The minimum absolute atomic E-state index is 0.791. The molecule has 0 radical (unpaired) electrons. The number of H-pyrrole nitrogens is 1. The van der Waals surface area contributed by atoms with Gasteiger partial charge in [-0.1, -0.05) is 66.7 Å². The molecule has 4 aromatic carbocycles. The summed E-state index contributed by atoms with van der Waals surface area (Å²) in [5.41, 5.74) is 9.51. The van der Waals surface area contributed by atoms with Crippen LogP contribution in [0, 0.1) is 0 Å². The number of anilines is 3. The number of furan rings is 1. The maximum absolute atomic E-state index is 6.72. The van der Waals surface area contributed by atoms with Crippen LogP contribution < -0.4 is 15.3 Å². The van der Waals surface area contributed by atoms with E-state index in [0.29, 0.717) is 0 Å². The van der Waals surface area contributed by atoms with Gasteiger partial charge in [0.2, 0.25) is 5.66 Å². The van der Waals surface area contributed by atoms with Gasteiger partial charge in [-0.05, 0) is 48.4 Å². The maximum atomic E-state index is 6.72. The standard InChI is InChI=1S/C30H23N5O/c1-7-15-26-20(9-1)17-18-34(26)30(28-19-21-10-2-8-16-27(21)36-28)23-12-4-6-14-25(23)33-35(30)29-22-11-3-5-13-24(22)31-32-29/h1-16,19,33H,17-18H2,(H,31,32). The quantitative estimate of drug-likeness (QED) is 0.313. The molecule has 6 heteroatoms. The minimum atomic E-state index is -0.791. The second-order valence-electron chi connectivity index (χ2n) is 9.44. The van der Waals surface area contributed by atoms with Crippen LogP contribution in [0.5, 0.6) is 0 Å². The van der Waals surface area contributed by atoms with Gasteiger partial charge in [0.1, 0.15) is 5.58 Å². The monoisotopic (exact) mass is 469 g/mol. The molecule has 8 rings (SSSR count). The first-order chi connectivity index (χ1) is 17.8. The highest BCUT2D eigenvalue weighted by atomic mass is 16.3. The molecule has 2 aromatic heterocycles. The van der Waals surface area contributed by atoms with Crippen molar-refractivity contribution in [3.8, 4) is 0 Å². The summed E-state index contributed by atoms with van der Waals surface area (Å²) < 4.78 is 6.72. The Morgan fingerprint density at radius 3 is 2.61 bits per heavy atom. The molecule has 0 amide bonds. The Balaban J connectivity index is 1.49. The van der Waals surface area contributed by atoms with Crippen LogP contribution in [0.4, 0.5) is 17.2 Å². The van der Waals surface area contributed by atoms with Crippen LogP contribution in [0.25, 0.3) is 21.9 Å². The second-order valence-corrected chi connectivity index (χ2v) is 9.44. The lowest BCUT2D eigenvalue weighted by Crippen LogP contribution is -2.57. The normalized spacial score (nSPS) is 18.6. The molecule has 174 valence electrons. The molecule has 36 heavy (non-hydrogen) atoms. The van der Waals surface area contributed by atoms with Gasteiger partial charge in [0.25, 0.3) is 0 Å². The number of fused-ring (bicyclic) bond motifs is 4. The summed E-state index contributed by atoms with van der Waals surface area (Å²) in [5, 5.41) is 12.4. The van der Waals surface area contributed by atoms with Gasteiger partial charge in [0, 0.05) is 28.6 Å². The highest BCUT2D eigenvalue weighted by Crippen LogP contribution is 2.53. The van der Waals surface area contributed by atoms with E-state index in [1.807, 2.05) is 18.2 Å². The summed E-state index contributed by atoms with van der Waals surface area (Å²) in [5.74, 6) is 1.68. The summed E-state index contributed by atoms with van der Waals surface area (Å²) >= 11 is 0. The van der Waals surface area contributed by atoms with Gasteiger partial charge in [-0.2, -0.15) is 5.10 Å². The average molecular weight is 470 g/mol. The molecule has 4 heterocycles. The second kappa shape index (κ2) is 7.15. The van der Waals surface area contributed by atoms with Crippen molar-refractivity contribution in [1.29, 1.82) is 0 Å². The number of rotatable bonds is 3. The summed E-state index contributed by atoms with van der Waals surface area (Å²) in [4.78, 5) is 2.47. The zero-order valence-electron chi connectivity index (χ0n) is 19.5. The molecule has 1 unspecified atom stereocenters. The van der Waals surface area contributed by atoms with Crippen LogP contribution in [0.15, 0.2) is 108 Å². The number of aromatic amines is 1. The molecule has 0 fully saturated rings. The van der Waals surface area contributed by atoms with E-state index in [0.717, 1.165) is 57.7 Å². The molecule has 1 atom stereocenters. The molecule has 2 aliphatic rings. The van der Waals surface area contributed by atoms with E-state index in [-0.39, 0.29) is 0 Å². The molecule has 0 aliphatic carbocycles. The fourth-order valence-corrected chi connectivity index (χ4v) is 6.00. The van der Waals surface area contributed by atoms with Crippen molar-refractivity contribution in [2.24, 2.45) is 0 Å². The number of nitrogens with one attached hydrogen (secondary N) is 2. The van der Waals surface area contributed by atoms with E-state index < -0.39 is 5.66 Å². The largest absolute Gasteiger partial charge is 0.456 e. The van der Waals surface area contributed by atoms with Crippen molar-refractivity contribution in [2.45, 2.75) is 12.1 Å². The molecule has 6 aromatic rings. The Morgan fingerprint density at radius 2 is 1.64 bits per heavy atom. The molecule has 2 N–H and O–H groups in total. The van der Waals surface area contributed by atoms with E-state index in [1.54, 1.807) is 0 Å². The zero-order valence-corrected chi connectivity index (χ0v) is 19.5. The lowest BCUT2D eigenvalue weighted by Gasteiger charge is -2.45. The van der Waals surface area contributed by atoms with Gasteiger partial charge in [-0.25, -0.2) is 5.01 Å². The number of para-hydroxylation sites is 4. The van der Waals surface area contributed by atoms with E-state index >= 15 is 0 Å².